The molecule has 0 unspecified atom stereocenters. The van der Waals surface area contributed by atoms with Gasteiger partial charge in [0.05, 0.1) is 10.6 Å². The van der Waals surface area contributed by atoms with Crippen molar-refractivity contribution in [3.63, 3.8) is 0 Å². The number of hydrogen-bond acceptors (Lipinski definition) is 6. The number of aromatic nitrogens is 4. The maximum absolute atomic E-state index is 12.1. The topological polar surface area (TPSA) is 116 Å². The summed E-state index contributed by atoms with van der Waals surface area (Å²) in [5.41, 5.74) is 7.36. The van der Waals surface area contributed by atoms with Crippen molar-refractivity contribution < 1.29 is 9.59 Å². The molecule has 0 saturated heterocycles. The van der Waals surface area contributed by atoms with E-state index < -0.39 is 5.91 Å². The van der Waals surface area contributed by atoms with Crippen molar-refractivity contribution in [2.75, 3.05) is 5.32 Å². The standard InChI is InChI=1S/C14H12N6O2S/c1-8-6-11(23-7-8)14(22)16-9-2-4-10(5-3-9)20-18-13(12(15)21)17-19-20/h2-7H,1H3,(H2,15,21)(H,16,22). The Kier molecular flexibility index (Phi) is 3.85. The summed E-state index contributed by atoms with van der Waals surface area (Å²) in [5.74, 6) is -1.06. The van der Waals surface area contributed by atoms with E-state index in [0.29, 0.717) is 16.3 Å². The first-order chi connectivity index (χ1) is 11.0. The second-order valence-electron chi connectivity index (χ2n) is 4.76. The van der Waals surface area contributed by atoms with Gasteiger partial charge in [-0.1, -0.05) is 0 Å². The van der Waals surface area contributed by atoms with Crippen LogP contribution in [0.15, 0.2) is 35.7 Å². The fourth-order valence-electron chi connectivity index (χ4n) is 1.84. The van der Waals surface area contributed by atoms with Crippen molar-refractivity contribution in [3.8, 4) is 5.69 Å². The molecule has 0 bridgehead atoms. The molecule has 0 atom stereocenters. The molecule has 2 amide bonds. The first-order valence-corrected chi connectivity index (χ1v) is 7.47. The lowest BCUT2D eigenvalue weighted by Gasteiger charge is -2.04. The minimum Gasteiger partial charge on any atom is -0.363 e. The molecule has 9 heteroatoms. The highest BCUT2D eigenvalue weighted by molar-refractivity contribution is 7.12. The molecule has 0 saturated carbocycles. The number of thiophene rings is 1. The molecule has 3 aromatic rings. The Morgan fingerprint density at radius 1 is 1.26 bits per heavy atom. The lowest BCUT2D eigenvalue weighted by atomic mass is 10.2. The second kappa shape index (κ2) is 5.97. The van der Waals surface area contributed by atoms with Crippen LogP contribution in [0.25, 0.3) is 5.69 Å². The smallest absolute Gasteiger partial charge is 0.290 e. The number of tetrazole rings is 1. The average molecular weight is 328 g/mol. The summed E-state index contributed by atoms with van der Waals surface area (Å²) in [6.45, 7) is 1.94. The van der Waals surface area contributed by atoms with Crippen LogP contribution in [0.2, 0.25) is 0 Å². The number of primary amides is 1. The lowest BCUT2D eigenvalue weighted by molar-refractivity contribution is 0.0988. The molecule has 0 fully saturated rings. The Labute approximate surface area is 134 Å². The van der Waals surface area contributed by atoms with Crippen LogP contribution in [0.3, 0.4) is 0 Å². The maximum atomic E-state index is 12.1. The van der Waals surface area contributed by atoms with Crippen LogP contribution in [-0.4, -0.2) is 32.0 Å². The van der Waals surface area contributed by atoms with Gasteiger partial charge in [0.2, 0.25) is 0 Å². The molecule has 0 aliphatic heterocycles. The quantitative estimate of drug-likeness (QED) is 0.750. The summed E-state index contributed by atoms with van der Waals surface area (Å²) in [6.07, 6.45) is 0. The number of nitrogens with one attached hydrogen (secondary N) is 1. The van der Waals surface area contributed by atoms with Gasteiger partial charge < -0.3 is 11.1 Å². The third-order valence-corrected chi connectivity index (χ3v) is 3.99. The van der Waals surface area contributed by atoms with Gasteiger partial charge in [-0.25, -0.2) is 0 Å². The zero-order valence-corrected chi connectivity index (χ0v) is 12.9. The summed E-state index contributed by atoms with van der Waals surface area (Å²) >= 11 is 1.39. The van der Waals surface area contributed by atoms with Crippen molar-refractivity contribution >= 4 is 28.8 Å². The number of benzene rings is 1. The summed E-state index contributed by atoms with van der Waals surface area (Å²) in [6, 6.07) is 8.64. The maximum Gasteiger partial charge on any atom is 0.290 e. The van der Waals surface area contributed by atoms with Gasteiger partial charge in [-0.3, -0.25) is 9.59 Å². The molecule has 0 radical (unpaired) electrons. The predicted molar refractivity (Wildman–Crippen MR) is 84.7 cm³/mol. The van der Waals surface area contributed by atoms with Crippen molar-refractivity contribution in [2.45, 2.75) is 6.92 Å². The van der Waals surface area contributed by atoms with Gasteiger partial charge in [0.1, 0.15) is 0 Å². The fourth-order valence-corrected chi connectivity index (χ4v) is 2.64. The number of nitrogens with zero attached hydrogens (tertiary/aromatic N) is 4. The van der Waals surface area contributed by atoms with Gasteiger partial charge in [0.25, 0.3) is 17.6 Å². The third-order valence-electron chi connectivity index (χ3n) is 2.94. The summed E-state index contributed by atoms with van der Waals surface area (Å²) in [5, 5.41) is 15.9. The number of amides is 2. The molecule has 0 spiro atoms. The molecule has 8 nitrogen and oxygen atoms in total. The Bertz CT molecular complexity index is 868. The monoisotopic (exact) mass is 328 g/mol. The number of anilines is 1. The van der Waals surface area contributed by atoms with E-state index in [1.165, 1.54) is 16.1 Å². The zero-order valence-electron chi connectivity index (χ0n) is 12.1. The molecule has 0 aliphatic carbocycles. The van der Waals surface area contributed by atoms with E-state index in [9.17, 15) is 9.59 Å². The number of rotatable bonds is 4. The van der Waals surface area contributed by atoms with Crippen molar-refractivity contribution in [2.24, 2.45) is 5.73 Å². The van der Waals surface area contributed by atoms with Crippen LogP contribution in [-0.2, 0) is 0 Å². The van der Waals surface area contributed by atoms with E-state index >= 15 is 0 Å². The van der Waals surface area contributed by atoms with Gasteiger partial charge in [-0.05, 0) is 53.4 Å². The summed E-state index contributed by atoms with van der Waals surface area (Å²) < 4.78 is 0. The normalized spacial score (nSPS) is 10.5. The fraction of sp³-hybridized carbons (Fsp3) is 0.0714. The van der Waals surface area contributed by atoms with Crippen molar-refractivity contribution in [1.29, 1.82) is 0 Å². The van der Waals surface area contributed by atoms with Crippen molar-refractivity contribution in [1.82, 2.24) is 20.2 Å². The lowest BCUT2D eigenvalue weighted by Crippen LogP contribution is -2.13. The van der Waals surface area contributed by atoms with Crippen LogP contribution in [0, 0.1) is 6.92 Å². The molecule has 2 aromatic heterocycles. The van der Waals surface area contributed by atoms with E-state index in [1.54, 1.807) is 24.3 Å². The van der Waals surface area contributed by atoms with Gasteiger partial charge in [0.15, 0.2) is 0 Å². The van der Waals surface area contributed by atoms with Crippen molar-refractivity contribution in [3.05, 3.63) is 52.0 Å². The van der Waals surface area contributed by atoms with Gasteiger partial charge >= 0.3 is 0 Å². The molecule has 23 heavy (non-hydrogen) atoms. The SMILES string of the molecule is Cc1csc(C(=O)Nc2ccc(-n3nnc(C(N)=O)n3)cc2)c1. The van der Waals surface area contributed by atoms with Crippen LogP contribution in [0.5, 0.6) is 0 Å². The number of aryl methyl sites for hydroxylation is 1. The first kappa shape index (κ1) is 14.9. The molecule has 1 aromatic carbocycles. The number of carbonyl (C=O) groups is 2. The van der Waals surface area contributed by atoms with Gasteiger partial charge in [-0.2, -0.15) is 0 Å². The van der Waals surface area contributed by atoms with Crippen LogP contribution in [0.4, 0.5) is 5.69 Å². The molecular formula is C14H12N6O2S. The molecule has 3 N–H and O–H groups in total. The molecule has 116 valence electrons. The third kappa shape index (κ3) is 3.24. The molecule has 3 rings (SSSR count). The molecule has 2 heterocycles. The number of hydrogen-bond donors (Lipinski definition) is 2. The number of carbonyl (C=O) groups excluding carboxylic acids is 2. The highest BCUT2D eigenvalue weighted by Gasteiger charge is 2.11. The Balaban J connectivity index is 1.74. The largest absolute Gasteiger partial charge is 0.363 e. The zero-order chi connectivity index (χ0) is 16.4. The minimum atomic E-state index is -0.744. The summed E-state index contributed by atoms with van der Waals surface area (Å²) in [7, 11) is 0. The Morgan fingerprint density at radius 3 is 2.57 bits per heavy atom. The molecular weight excluding hydrogens is 316 g/mol. The first-order valence-electron chi connectivity index (χ1n) is 6.59. The van der Waals surface area contributed by atoms with Gasteiger partial charge in [0, 0.05) is 5.69 Å². The highest BCUT2D eigenvalue weighted by Crippen LogP contribution is 2.17. The average Bonchev–Trinajstić information content (AvgIpc) is 3.17. The Hall–Kier alpha value is -3.07. The van der Waals surface area contributed by atoms with E-state index in [0.717, 1.165) is 5.56 Å². The summed E-state index contributed by atoms with van der Waals surface area (Å²) in [4.78, 5) is 24.9. The highest BCUT2D eigenvalue weighted by atomic mass is 32.1. The minimum absolute atomic E-state index is 0.157. The predicted octanol–water partition coefficient (Wildman–Crippen LogP) is 1.38. The van der Waals surface area contributed by atoms with E-state index in [-0.39, 0.29) is 11.7 Å². The van der Waals surface area contributed by atoms with Gasteiger partial charge in [-0.15, -0.1) is 26.3 Å². The van der Waals surface area contributed by atoms with E-state index in [4.69, 9.17) is 5.73 Å². The van der Waals surface area contributed by atoms with E-state index in [2.05, 4.69) is 20.7 Å². The molecule has 0 aliphatic rings. The number of nitrogens with two attached hydrogens (primary N) is 1. The van der Waals surface area contributed by atoms with Crippen LogP contribution < -0.4 is 11.1 Å². The second-order valence-corrected chi connectivity index (χ2v) is 5.67. The van der Waals surface area contributed by atoms with Crippen LogP contribution >= 0.6 is 11.3 Å². The van der Waals surface area contributed by atoms with Crippen LogP contribution in [0.1, 0.15) is 25.9 Å². The Morgan fingerprint density at radius 2 is 2.00 bits per heavy atom. The van der Waals surface area contributed by atoms with E-state index in [1.807, 2.05) is 18.4 Å².